The molecule has 0 bridgehead atoms. The maximum atomic E-state index is 10.5. The van der Waals surface area contributed by atoms with Gasteiger partial charge in [-0.25, -0.2) is 4.79 Å². The molecule has 0 unspecified atom stereocenters. The van der Waals surface area contributed by atoms with Crippen molar-refractivity contribution in [3.05, 3.63) is 0 Å². The summed E-state index contributed by atoms with van der Waals surface area (Å²) >= 11 is 0. The van der Waals surface area contributed by atoms with Crippen LogP contribution >= 0.6 is 0 Å². The van der Waals surface area contributed by atoms with Crippen LogP contribution in [0.15, 0.2) is 0 Å². The summed E-state index contributed by atoms with van der Waals surface area (Å²) in [6.07, 6.45) is -0.372. The van der Waals surface area contributed by atoms with Crippen LogP contribution in [0.5, 0.6) is 0 Å². The van der Waals surface area contributed by atoms with Gasteiger partial charge in [0.2, 0.25) is 0 Å². The minimum atomic E-state index is -1.02. The second-order valence-electron chi connectivity index (χ2n) is 4.70. The van der Waals surface area contributed by atoms with E-state index >= 15 is 0 Å². The molecule has 0 aliphatic rings. The van der Waals surface area contributed by atoms with Crippen LogP contribution in [0.2, 0.25) is 0 Å². The molecular weight excluding hydrogens is 182 g/mol. The van der Waals surface area contributed by atoms with Gasteiger partial charge in [-0.3, -0.25) is 0 Å². The highest BCUT2D eigenvalue weighted by Gasteiger charge is 2.26. The van der Waals surface area contributed by atoms with E-state index in [0.29, 0.717) is 12.3 Å². The van der Waals surface area contributed by atoms with Gasteiger partial charge in [-0.2, -0.15) is 0 Å². The zero-order chi connectivity index (χ0) is 11.4. The summed E-state index contributed by atoms with van der Waals surface area (Å²) in [6.45, 7) is 7.80. The Kier molecular flexibility index (Phi) is 4.91. The Labute approximate surface area is 85.3 Å². The van der Waals surface area contributed by atoms with Crippen LogP contribution in [0.4, 0.5) is 4.79 Å². The molecule has 0 saturated heterocycles. The van der Waals surface area contributed by atoms with Crippen molar-refractivity contribution in [1.29, 1.82) is 0 Å². The first-order valence-electron chi connectivity index (χ1n) is 4.90. The van der Waals surface area contributed by atoms with E-state index in [9.17, 15) is 4.79 Å². The van der Waals surface area contributed by atoms with Gasteiger partial charge in [-0.05, 0) is 32.1 Å². The van der Waals surface area contributed by atoms with Gasteiger partial charge in [0, 0.05) is 12.1 Å². The minimum Gasteiger partial charge on any atom is -0.465 e. The van der Waals surface area contributed by atoms with E-state index < -0.39 is 11.6 Å². The highest BCUT2D eigenvalue weighted by atomic mass is 16.4. The molecule has 0 heterocycles. The first-order chi connectivity index (χ1) is 6.28. The van der Waals surface area contributed by atoms with Crippen molar-refractivity contribution >= 4 is 6.09 Å². The standard InChI is InChI=1S/C10H21NO3/c1-7(2)8(6-12)5-10(3,4)11-9(13)14/h7-8,11-12H,5-6H2,1-4H3,(H,13,14)/t8-/m1/s1. The number of carboxylic acid groups (broad SMARTS) is 1. The van der Waals surface area contributed by atoms with Crippen LogP contribution in [0, 0.1) is 11.8 Å². The van der Waals surface area contributed by atoms with E-state index in [4.69, 9.17) is 10.2 Å². The SMILES string of the molecule is CC(C)[C@@H](CO)CC(C)(C)NC(=O)O. The number of hydrogen-bond donors (Lipinski definition) is 3. The molecule has 1 atom stereocenters. The number of hydrogen-bond acceptors (Lipinski definition) is 2. The Morgan fingerprint density at radius 2 is 1.93 bits per heavy atom. The average molecular weight is 203 g/mol. The molecule has 0 rings (SSSR count). The van der Waals surface area contributed by atoms with E-state index in [1.807, 2.05) is 27.7 Å². The van der Waals surface area contributed by atoms with Crippen molar-refractivity contribution in [2.24, 2.45) is 11.8 Å². The fraction of sp³-hybridized carbons (Fsp3) is 0.900. The molecule has 14 heavy (non-hydrogen) atoms. The van der Waals surface area contributed by atoms with Gasteiger partial charge in [0.05, 0.1) is 0 Å². The average Bonchev–Trinajstić information content (AvgIpc) is 1.97. The van der Waals surface area contributed by atoms with Crippen molar-refractivity contribution in [3.63, 3.8) is 0 Å². The largest absolute Gasteiger partial charge is 0.465 e. The highest BCUT2D eigenvalue weighted by Crippen LogP contribution is 2.22. The molecule has 4 heteroatoms. The summed E-state index contributed by atoms with van der Waals surface area (Å²) in [5.41, 5.74) is -0.483. The lowest BCUT2D eigenvalue weighted by Gasteiger charge is -2.30. The number of carbonyl (C=O) groups is 1. The molecule has 3 N–H and O–H groups in total. The lowest BCUT2D eigenvalue weighted by molar-refractivity contribution is 0.140. The van der Waals surface area contributed by atoms with Crippen LogP contribution in [0.25, 0.3) is 0 Å². The van der Waals surface area contributed by atoms with Gasteiger partial charge >= 0.3 is 6.09 Å². The third-order valence-corrected chi connectivity index (χ3v) is 2.40. The molecule has 0 aromatic carbocycles. The lowest BCUT2D eigenvalue weighted by atomic mass is 9.84. The van der Waals surface area contributed by atoms with E-state index in [-0.39, 0.29) is 12.5 Å². The monoisotopic (exact) mass is 203 g/mol. The molecule has 84 valence electrons. The Balaban J connectivity index is 4.24. The Morgan fingerprint density at radius 1 is 1.43 bits per heavy atom. The van der Waals surface area contributed by atoms with Crippen LogP contribution in [0.1, 0.15) is 34.1 Å². The zero-order valence-corrected chi connectivity index (χ0v) is 9.37. The summed E-state index contributed by atoms with van der Waals surface area (Å²) in [5, 5.41) is 20.2. The minimum absolute atomic E-state index is 0.0996. The predicted molar refractivity (Wildman–Crippen MR) is 55.3 cm³/mol. The van der Waals surface area contributed by atoms with Crippen molar-refractivity contribution in [3.8, 4) is 0 Å². The summed E-state index contributed by atoms with van der Waals surface area (Å²) in [4.78, 5) is 10.5. The van der Waals surface area contributed by atoms with Gasteiger partial charge in [0.25, 0.3) is 0 Å². The van der Waals surface area contributed by atoms with Crippen LogP contribution < -0.4 is 5.32 Å². The first-order valence-corrected chi connectivity index (χ1v) is 4.90. The molecule has 0 radical (unpaired) electrons. The summed E-state index contributed by atoms with van der Waals surface area (Å²) in [7, 11) is 0. The quantitative estimate of drug-likeness (QED) is 0.636. The molecule has 0 aromatic heterocycles. The molecule has 1 amide bonds. The van der Waals surface area contributed by atoms with Crippen LogP contribution in [-0.4, -0.2) is 28.5 Å². The van der Waals surface area contributed by atoms with Gasteiger partial charge in [-0.1, -0.05) is 13.8 Å². The Bertz CT molecular complexity index is 190. The maximum absolute atomic E-state index is 10.5. The number of aliphatic hydroxyl groups excluding tert-OH is 1. The first kappa shape index (κ1) is 13.2. The molecule has 0 aliphatic carbocycles. The van der Waals surface area contributed by atoms with Crippen molar-refractivity contribution in [1.82, 2.24) is 5.32 Å². The van der Waals surface area contributed by atoms with Crippen molar-refractivity contribution in [2.75, 3.05) is 6.61 Å². The van der Waals surface area contributed by atoms with E-state index in [2.05, 4.69) is 5.32 Å². The summed E-state index contributed by atoms with van der Waals surface area (Å²) < 4.78 is 0. The molecule has 0 fully saturated rings. The molecular formula is C10H21NO3. The molecule has 0 aromatic rings. The normalized spacial score (nSPS) is 14.1. The fourth-order valence-electron chi connectivity index (χ4n) is 1.51. The lowest BCUT2D eigenvalue weighted by Crippen LogP contribution is -2.45. The van der Waals surface area contributed by atoms with Crippen LogP contribution in [-0.2, 0) is 0 Å². The van der Waals surface area contributed by atoms with Crippen molar-refractivity contribution < 1.29 is 15.0 Å². The zero-order valence-electron chi connectivity index (χ0n) is 9.37. The van der Waals surface area contributed by atoms with Gasteiger partial charge in [0.15, 0.2) is 0 Å². The van der Waals surface area contributed by atoms with Gasteiger partial charge < -0.3 is 15.5 Å². The number of aliphatic hydroxyl groups is 1. The topological polar surface area (TPSA) is 69.6 Å². The predicted octanol–water partition coefficient (Wildman–Crippen LogP) is 1.69. The highest BCUT2D eigenvalue weighted by molar-refractivity contribution is 5.65. The fourth-order valence-corrected chi connectivity index (χ4v) is 1.51. The smallest absolute Gasteiger partial charge is 0.405 e. The Hall–Kier alpha value is -0.770. The number of nitrogens with one attached hydrogen (secondary N) is 1. The summed E-state index contributed by atoms with van der Waals surface area (Å²) in [5.74, 6) is 0.492. The molecule has 0 spiro atoms. The van der Waals surface area contributed by atoms with Crippen LogP contribution in [0.3, 0.4) is 0 Å². The van der Waals surface area contributed by atoms with Gasteiger partial charge in [0.1, 0.15) is 0 Å². The number of amides is 1. The second-order valence-corrected chi connectivity index (χ2v) is 4.70. The van der Waals surface area contributed by atoms with E-state index in [1.54, 1.807) is 0 Å². The Morgan fingerprint density at radius 3 is 2.21 bits per heavy atom. The van der Waals surface area contributed by atoms with Gasteiger partial charge in [-0.15, -0.1) is 0 Å². The molecule has 0 saturated carbocycles. The molecule has 4 nitrogen and oxygen atoms in total. The second kappa shape index (κ2) is 5.20. The maximum Gasteiger partial charge on any atom is 0.405 e. The van der Waals surface area contributed by atoms with E-state index in [1.165, 1.54) is 0 Å². The summed E-state index contributed by atoms with van der Waals surface area (Å²) in [6, 6.07) is 0. The number of rotatable bonds is 5. The third-order valence-electron chi connectivity index (χ3n) is 2.40. The van der Waals surface area contributed by atoms with Crippen molar-refractivity contribution in [2.45, 2.75) is 39.7 Å². The van der Waals surface area contributed by atoms with E-state index in [0.717, 1.165) is 0 Å². The third kappa shape index (κ3) is 5.07. The molecule has 0 aliphatic heterocycles.